The maximum Gasteiger partial charge on any atom is 0.420 e. The van der Waals surface area contributed by atoms with E-state index in [1.165, 1.54) is 0 Å². The molecule has 0 aliphatic carbocycles. The van der Waals surface area contributed by atoms with Crippen molar-refractivity contribution in [1.82, 2.24) is 0 Å². The highest BCUT2D eigenvalue weighted by Crippen LogP contribution is 2.39. The summed E-state index contributed by atoms with van der Waals surface area (Å²) in [5, 5.41) is 17.5. The zero-order chi connectivity index (χ0) is 12.3. The van der Waals surface area contributed by atoms with Crippen molar-refractivity contribution in [3.05, 3.63) is 28.8 Å². The van der Waals surface area contributed by atoms with Gasteiger partial charge in [-0.25, -0.2) is 0 Å². The second-order valence-electron chi connectivity index (χ2n) is 2.98. The third kappa shape index (κ3) is 2.25. The van der Waals surface area contributed by atoms with E-state index in [1.807, 2.05) is 0 Å². The summed E-state index contributed by atoms with van der Waals surface area (Å²) in [5.74, 6) is -0.462. The summed E-state index contributed by atoms with van der Waals surface area (Å²) in [6.45, 7) is -0.805. The van der Waals surface area contributed by atoms with Crippen molar-refractivity contribution in [2.24, 2.45) is 0 Å². The number of nitrogens with zero attached hydrogens (tertiary/aromatic N) is 1. The van der Waals surface area contributed by atoms with Crippen LogP contribution in [0.1, 0.15) is 16.7 Å². The summed E-state index contributed by atoms with van der Waals surface area (Å²) < 4.78 is 42.5. The maximum absolute atomic E-state index is 12.6. The van der Waals surface area contributed by atoms with Crippen molar-refractivity contribution in [3.63, 3.8) is 0 Å². The van der Waals surface area contributed by atoms with Crippen molar-refractivity contribution in [1.29, 1.82) is 5.26 Å². The number of hydrogen-bond acceptors (Lipinski definition) is 3. The molecule has 0 fully saturated rings. The molecule has 0 spiro atoms. The molecule has 3 nitrogen and oxygen atoms in total. The predicted octanol–water partition coefficient (Wildman–Crippen LogP) is 2.08. The van der Waals surface area contributed by atoms with Gasteiger partial charge >= 0.3 is 6.18 Å². The van der Waals surface area contributed by atoms with E-state index in [0.29, 0.717) is 0 Å². The molecule has 0 aliphatic rings. The number of alkyl halides is 3. The number of ether oxygens (including phenoxy) is 1. The summed E-state index contributed by atoms with van der Waals surface area (Å²) in [6.07, 6.45) is -4.63. The summed E-state index contributed by atoms with van der Waals surface area (Å²) in [6, 6.07) is 3.68. The molecule has 1 aromatic carbocycles. The smallest absolute Gasteiger partial charge is 0.420 e. The number of nitriles is 1. The molecule has 0 aromatic heterocycles. The zero-order valence-corrected chi connectivity index (χ0v) is 8.30. The lowest BCUT2D eigenvalue weighted by Gasteiger charge is -2.15. The average Bonchev–Trinajstić information content (AvgIpc) is 2.25. The van der Waals surface area contributed by atoms with E-state index < -0.39 is 24.1 Å². The summed E-state index contributed by atoms with van der Waals surface area (Å²) in [7, 11) is 1.08. The van der Waals surface area contributed by atoms with Crippen LogP contribution in [-0.2, 0) is 12.8 Å². The van der Waals surface area contributed by atoms with E-state index in [9.17, 15) is 13.2 Å². The van der Waals surface area contributed by atoms with Gasteiger partial charge in [0.1, 0.15) is 11.3 Å². The lowest BCUT2D eigenvalue weighted by molar-refractivity contribution is -0.139. The van der Waals surface area contributed by atoms with Crippen LogP contribution in [0.15, 0.2) is 12.1 Å². The molecule has 0 aliphatic heterocycles. The second kappa shape index (κ2) is 4.41. The molecule has 1 N–H and O–H groups in total. The highest BCUT2D eigenvalue weighted by molar-refractivity contribution is 5.49. The Balaban J connectivity index is 3.51. The quantitative estimate of drug-likeness (QED) is 0.847. The monoisotopic (exact) mass is 231 g/mol. The van der Waals surface area contributed by atoms with Crippen LogP contribution < -0.4 is 4.74 Å². The third-order valence-electron chi connectivity index (χ3n) is 1.99. The third-order valence-corrected chi connectivity index (χ3v) is 1.99. The lowest BCUT2D eigenvalue weighted by Crippen LogP contribution is -2.12. The molecule has 86 valence electrons. The molecule has 0 amide bonds. The molecule has 6 heteroatoms. The molecule has 0 saturated carbocycles. The topological polar surface area (TPSA) is 53.2 Å². The Morgan fingerprint density at radius 1 is 1.44 bits per heavy atom. The fraction of sp³-hybridized carbons (Fsp3) is 0.300. The van der Waals surface area contributed by atoms with Gasteiger partial charge in [-0.2, -0.15) is 18.4 Å². The Morgan fingerprint density at radius 2 is 2.06 bits per heavy atom. The molecule has 0 radical (unpaired) electrons. The van der Waals surface area contributed by atoms with E-state index in [-0.39, 0.29) is 11.1 Å². The van der Waals surface area contributed by atoms with Gasteiger partial charge in [0.25, 0.3) is 0 Å². The van der Waals surface area contributed by atoms with Gasteiger partial charge < -0.3 is 9.84 Å². The fourth-order valence-corrected chi connectivity index (χ4v) is 1.35. The largest absolute Gasteiger partial charge is 0.496 e. The number of benzene rings is 1. The van der Waals surface area contributed by atoms with Crippen molar-refractivity contribution in [2.45, 2.75) is 12.8 Å². The van der Waals surface area contributed by atoms with Crippen molar-refractivity contribution < 1.29 is 23.0 Å². The SMILES string of the molecule is COc1cc(C#N)cc(CO)c1C(F)(F)F. The van der Waals surface area contributed by atoms with Gasteiger partial charge in [-0.3, -0.25) is 0 Å². The van der Waals surface area contributed by atoms with E-state index >= 15 is 0 Å². The highest BCUT2D eigenvalue weighted by Gasteiger charge is 2.37. The Morgan fingerprint density at radius 3 is 2.44 bits per heavy atom. The Bertz CT molecular complexity index is 410. The van der Waals surface area contributed by atoms with Crippen molar-refractivity contribution >= 4 is 0 Å². The second-order valence-corrected chi connectivity index (χ2v) is 2.98. The minimum absolute atomic E-state index is 0.00824. The average molecular weight is 231 g/mol. The first-order valence-electron chi connectivity index (χ1n) is 4.23. The number of halogens is 3. The molecule has 1 rings (SSSR count). The Hall–Kier alpha value is -1.74. The van der Waals surface area contributed by atoms with Crippen LogP contribution >= 0.6 is 0 Å². The summed E-state index contributed by atoms with van der Waals surface area (Å²) >= 11 is 0. The number of hydrogen-bond donors (Lipinski definition) is 1. The van der Waals surface area contributed by atoms with E-state index in [2.05, 4.69) is 4.74 Å². The molecule has 1 aromatic rings. The first-order valence-corrected chi connectivity index (χ1v) is 4.23. The van der Waals surface area contributed by atoms with Crippen LogP contribution in [0, 0.1) is 11.3 Å². The number of aliphatic hydroxyl groups excluding tert-OH is 1. The van der Waals surface area contributed by atoms with Crippen LogP contribution in [0.2, 0.25) is 0 Å². The minimum atomic E-state index is -4.63. The molecule has 0 saturated heterocycles. The van der Waals surface area contributed by atoms with Crippen LogP contribution in [0.25, 0.3) is 0 Å². The van der Waals surface area contributed by atoms with Gasteiger partial charge in [0, 0.05) is 0 Å². The standard InChI is InChI=1S/C10H8F3NO2/c1-16-8-3-6(4-14)2-7(5-15)9(8)10(11,12)13/h2-3,15H,5H2,1H3. The van der Waals surface area contributed by atoms with Crippen molar-refractivity contribution in [2.75, 3.05) is 7.11 Å². The van der Waals surface area contributed by atoms with Crippen LogP contribution in [0.3, 0.4) is 0 Å². The van der Waals surface area contributed by atoms with Crippen LogP contribution in [-0.4, -0.2) is 12.2 Å². The van der Waals surface area contributed by atoms with E-state index in [0.717, 1.165) is 19.2 Å². The van der Waals surface area contributed by atoms with Crippen LogP contribution in [0.5, 0.6) is 5.75 Å². The Labute approximate surface area is 89.7 Å². The number of rotatable bonds is 2. The molecule has 0 bridgehead atoms. The lowest BCUT2D eigenvalue weighted by atomic mass is 10.0. The first-order chi connectivity index (χ1) is 7.43. The van der Waals surface area contributed by atoms with Gasteiger partial charge in [0.2, 0.25) is 0 Å². The van der Waals surface area contributed by atoms with Crippen molar-refractivity contribution in [3.8, 4) is 11.8 Å². The molecule has 0 unspecified atom stereocenters. The van der Waals surface area contributed by atoms with Gasteiger partial charge in [-0.1, -0.05) is 0 Å². The number of methoxy groups -OCH3 is 1. The molecule has 0 atom stereocenters. The van der Waals surface area contributed by atoms with Gasteiger partial charge in [0.05, 0.1) is 25.3 Å². The van der Waals surface area contributed by atoms with Gasteiger partial charge in [-0.05, 0) is 17.7 Å². The molecule has 0 heterocycles. The van der Waals surface area contributed by atoms with E-state index in [4.69, 9.17) is 10.4 Å². The number of aliphatic hydroxyl groups is 1. The first kappa shape index (κ1) is 12.3. The van der Waals surface area contributed by atoms with E-state index in [1.54, 1.807) is 6.07 Å². The zero-order valence-electron chi connectivity index (χ0n) is 8.30. The molecular weight excluding hydrogens is 223 g/mol. The van der Waals surface area contributed by atoms with Gasteiger partial charge in [-0.15, -0.1) is 0 Å². The normalized spacial score (nSPS) is 11.0. The van der Waals surface area contributed by atoms with Gasteiger partial charge in [0.15, 0.2) is 0 Å². The Kier molecular flexibility index (Phi) is 3.40. The maximum atomic E-state index is 12.6. The summed E-state index contributed by atoms with van der Waals surface area (Å²) in [5.41, 5.74) is -1.41. The molecular formula is C10H8F3NO2. The highest BCUT2D eigenvalue weighted by atomic mass is 19.4. The van der Waals surface area contributed by atoms with Crippen LogP contribution in [0.4, 0.5) is 13.2 Å². The minimum Gasteiger partial charge on any atom is -0.496 e. The predicted molar refractivity (Wildman–Crippen MR) is 48.6 cm³/mol. The fourth-order valence-electron chi connectivity index (χ4n) is 1.35. The molecule has 16 heavy (non-hydrogen) atoms. The summed E-state index contributed by atoms with van der Waals surface area (Å²) in [4.78, 5) is 0.